The van der Waals surface area contributed by atoms with Crippen LogP contribution in [-0.4, -0.2) is 102 Å². The third-order valence-corrected chi connectivity index (χ3v) is 18.4. The van der Waals surface area contributed by atoms with Crippen LogP contribution in [0, 0.1) is 0 Å². The number of rotatable bonds is 48. The van der Waals surface area contributed by atoms with Crippen molar-refractivity contribution in [2.75, 3.05) is 19.6 Å². The number of para-hydroxylation sites is 6. The molecule has 0 saturated carbocycles. The largest absolute Gasteiger partial charge is 0.354 e. The van der Waals surface area contributed by atoms with Gasteiger partial charge in [-0.05, 0) is 94.6 Å². The van der Waals surface area contributed by atoms with E-state index in [1.54, 1.807) is 20.8 Å². The quantitative estimate of drug-likeness (QED) is 0.0199. The second-order valence-corrected chi connectivity index (χ2v) is 26.6. The first-order valence-corrected chi connectivity index (χ1v) is 37.0. The number of hydrogen-bond donors (Lipinski definition) is 6. The maximum atomic E-state index is 14.3. The van der Waals surface area contributed by atoms with Crippen molar-refractivity contribution < 1.29 is 28.8 Å². The van der Waals surface area contributed by atoms with Crippen LogP contribution in [-0.2, 0) is 48.4 Å². The number of nitrogens with zero attached hydrogens (tertiary/aromatic N) is 6. The predicted molar refractivity (Wildman–Crippen MR) is 390 cm³/mol. The molecular formula is C78H114N12O6. The summed E-state index contributed by atoms with van der Waals surface area (Å²) in [6.07, 6.45) is 35.8. The fourth-order valence-corrected chi connectivity index (χ4v) is 12.8. The zero-order chi connectivity index (χ0) is 68.3. The predicted octanol–water partition coefficient (Wildman–Crippen LogP) is 15.4. The highest BCUT2D eigenvalue weighted by Gasteiger charge is 2.26. The van der Waals surface area contributed by atoms with Crippen LogP contribution in [0.25, 0.3) is 67.3 Å². The molecule has 7 aromatic rings. The molecule has 0 bridgehead atoms. The number of unbranched alkanes of at least 4 members (excludes halogenated alkanes) is 27. The van der Waals surface area contributed by atoms with Crippen LogP contribution in [0.4, 0.5) is 0 Å². The summed E-state index contributed by atoms with van der Waals surface area (Å²) < 4.78 is 5.50. The van der Waals surface area contributed by atoms with E-state index in [9.17, 15) is 28.8 Å². The van der Waals surface area contributed by atoms with Crippen LogP contribution in [0.1, 0.15) is 234 Å². The van der Waals surface area contributed by atoms with E-state index in [0.717, 1.165) is 57.8 Å². The fraction of sp³-hybridized carbons (Fsp3) is 0.577. The molecule has 0 aliphatic rings. The highest BCUT2D eigenvalue weighted by molar-refractivity contribution is 5.93. The lowest BCUT2D eigenvalue weighted by Gasteiger charge is -2.18. The van der Waals surface area contributed by atoms with Gasteiger partial charge in [-0.25, -0.2) is 15.0 Å². The molecule has 96 heavy (non-hydrogen) atoms. The van der Waals surface area contributed by atoms with Crippen molar-refractivity contribution in [3.05, 3.63) is 91.0 Å². The van der Waals surface area contributed by atoms with Crippen molar-refractivity contribution >= 4 is 68.5 Å². The van der Waals surface area contributed by atoms with Gasteiger partial charge in [0.15, 0.2) is 0 Å². The zero-order valence-corrected chi connectivity index (χ0v) is 59.0. The van der Waals surface area contributed by atoms with Gasteiger partial charge in [-0.15, -0.1) is 0 Å². The Bertz CT molecular complexity index is 3160. The molecule has 0 saturated heterocycles. The first kappa shape index (κ1) is 75.5. The van der Waals surface area contributed by atoms with Crippen LogP contribution in [0.15, 0.2) is 91.0 Å². The summed E-state index contributed by atoms with van der Waals surface area (Å²) in [6.45, 7) is 12.8. The Hall–Kier alpha value is -7.89. The second-order valence-electron chi connectivity index (χ2n) is 26.6. The van der Waals surface area contributed by atoms with Gasteiger partial charge >= 0.3 is 0 Å². The maximum Gasteiger partial charge on any atom is 0.242 e. The summed E-state index contributed by atoms with van der Waals surface area (Å²) >= 11 is 0. The summed E-state index contributed by atoms with van der Waals surface area (Å²) in [4.78, 5) is 98.8. The Morgan fingerprint density at radius 2 is 0.542 bits per heavy atom. The zero-order valence-electron chi connectivity index (χ0n) is 59.0. The van der Waals surface area contributed by atoms with Crippen molar-refractivity contribution in [1.29, 1.82) is 0 Å². The molecule has 18 nitrogen and oxygen atoms in total. The number of hydrogen-bond acceptors (Lipinski definition) is 9. The van der Waals surface area contributed by atoms with Gasteiger partial charge in [0.2, 0.25) is 35.4 Å². The molecule has 6 amide bonds. The molecule has 3 aromatic heterocycles. The highest BCUT2D eigenvalue weighted by atomic mass is 16.2. The van der Waals surface area contributed by atoms with Crippen LogP contribution in [0.5, 0.6) is 0 Å². The lowest BCUT2D eigenvalue weighted by atomic mass is 10.0. The molecule has 0 aliphatic heterocycles. The van der Waals surface area contributed by atoms with Crippen LogP contribution in [0.2, 0.25) is 0 Å². The van der Waals surface area contributed by atoms with Crippen molar-refractivity contribution in [3.63, 3.8) is 0 Å². The fourth-order valence-electron chi connectivity index (χ4n) is 12.8. The number of carbonyl (C=O) groups excluding carboxylic acids is 6. The van der Waals surface area contributed by atoms with Crippen LogP contribution in [0.3, 0.4) is 0 Å². The monoisotopic (exact) mass is 1310 g/mol. The molecule has 522 valence electrons. The molecule has 4 aromatic carbocycles. The number of benzene rings is 4. The molecule has 0 radical (unpaired) electrons. The standard InChI is InChI=1S/C78H114N12O6/c1-7-10-13-16-19-22-25-28-31-40-49-79-76(94)58(4)82-70(91)55-88-67-46-37-34-43-64(67)85-73(88)61-52-62(74-86-65-44-35-38-47-68(65)89(74)56-71(92)83-59(5)77(95)80-50-41-32-29-26-23-20-17-14-11-8-2)54-63(53-61)75-87-66-45-36-39-48-69(66)90(75)57-72(93)84-60(6)78(96)81-51-42-33-30-27-24-21-18-15-12-9-3/h34-39,43-48,52-54,58-60H,7-33,40-42,49-51,55-57H2,1-6H3,(H,79,94)(H,80,95)(H,81,96)(H,82,91)(H,83,92)(H,84,93)/t58-,59-,60-/m0/s1. The Kier molecular flexibility index (Phi) is 33.0. The Labute approximate surface area is 571 Å². The van der Waals surface area contributed by atoms with Gasteiger partial charge in [-0.3, -0.25) is 28.8 Å². The molecule has 6 N–H and O–H groups in total. The van der Waals surface area contributed by atoms with Crippen molar-refractivity contribution in [2.24, 2.45) is 0 Å². The van der Waals surface area contributed by atoms with Crippen molar-refractivity contribution in [2.45, 2.75) is 272 Å². The summed E-state index contributed by atoms with van der Waals surface area (Å²) in [6, 6.07) is 26.1. The van der Waals surface area contributed by atoms with Crippen LogP contribution < -0.4 is 31.9 Å². The summed E-state index contributed by atoms with van der Waals surface area (Å²) in [5.41, 5.74) is 5.65. The third-order valence-electron chi connectivity index (χ3n) is 18.4. The van der Waals surface area contributed by atoms with E-state index in [4.69, 9.17) is 15.0 Å². The molecule has 3 heterocycles. The first-order valence-electron chi connectivity index (χ1n) is 37.0. The topological polar surface area (TPSA) is 228 Å². The minimum Gasteiger partial charge on any atom is -0.354 e. The SMILES string of the molecule is CCCCCCCCCCCCNC(=O)[C@H](C)NC(=O)Cn1c(-c2cc(-c3nc4ccccc4n3CC(=O)N[C@@H](C)C(=O)NCCCCCCCCCCCC)cc(-c3nc4ccccc4n3CC(=O)N[C@@H](C)C(=O)NCCCCCCCCCCCC)c2)nc2ccccc21. The molecule has 3 atom stereocenters. The Morgan fingerprint density at radius 1 is 0.323 bits per heavy atom. The minimum absolute atomic E-state index is 0.182. The summed E-state index contributed by atoms with van der Waals surface area (Å²) in [5.74, 6) is -0.625. The van der Waals surface area contributed by atoms with Crippen molar-refractivity contribution in [3.8, 4) is 34.2 Å². The normalized spacial score (nSPS) is 12.4. The van der Waals surface area contributed by atoms with E-state index < -0.39 is 18.1 Å². The third kappa shape index (κ3) is 24.3. The summed E-state index contributed by atoms with van der Waals surface area (Å²) in [7, 11) is 0. The Morgan fingerprint density at radius 3 is 0.781 bits per heavy atom. The molecule has 0 spiro atoms. The highest BCUT2D eigenvalue weighted by Crippen LogP contribution is 2.36. The second kappa shape index (κ2) is 41.9. The van der Waals surface area contributed by atoms with E-state index in [2.05, 4.69) is 52.7 Å². The number of imidazole rings is 3. The van der Waals surface area contributed by atoms with Gasteiger partial charge in [0, 0.05) is 36.3 Å². The molecule has 18 heteroatoms. The van der Waals surface area contributed by atoms with Crippen LogP contribution >= 0.6 is 0 Å². The number of aromatic nitrogens is 6. The van der Waals surface area contributed by atoms with Gasteiger partial charge < -0.3 is 45.6 Å². The molecule has 0 unspecified atom stereocenters. The number of fused-ring (bicyclic) bond motifs is 3. The van der Waals surface area contributed by atoms with E-state index in [-0.39, 0.29) is 55.1 Å². The molecular weight excluding hydrogens is 1200 g/mol. The minimum atomic E-state index is -0.803. The average molecular weight is 1320 g/mol. The van der Waals surface area contributed by atoms with Gasteiger partial charge in [0.25, 0.3) is 0 Å². The van der Waals surface area contributed by atoms with Gasteiger partial charge in [0.1, 0.15) is 55.2 Å². The van der Waals surface area contributed by atoms with E-state index in [0.29, 0.717) is 86.9 Å². The smallest absolute Gasteiger partial charge is 0.242 e. The number of amides is 6. The van der Waals surface area contributed by atoms with Gasteiger partial charge in [-0.1, -0.05) is 231 Å². The molecule has 0 aliphatic carbocycles. The first-order chi connectivity index (χ1) is 46.8. The Balaban J connectivity index is 1.14. The summed E-state index contributed by atoms with van der Waals surface area (Å²) in [5, 5.41) is 17.9. The number of nitrogens with one attached hydrogen (secondary N) is 6. The van der Waals surface area contributed by atoms with E-state index in [1.807, 2.05) is 105 Å². The van der Waals surface area contributed by atoms with E-state index in [1.165, 1.54) is 135 Å². The van der Waals surface area contributed by atoms with Gasteiger partial charge in [-0.2, -0.15) is 0 Å². The number of carbonyl (C=O) groups is 6. The van der Waals surface area contributed by atoms with Gasteiger partial charge in [0.05, 0.1) is 33.1 Å². The molecule has 7 rings (SSSR count). The molecule has 0 fully saturated rings. The van der Waals surface area contributed by atoms with E-state index >= 15 is 0 Å². The lowest BCUT2D eigenvalue weighted by molar-refractivity contribution is -0.128. The maximum absolute atomic E-state index is 14.3. The lowest BCUT2D eigenvalue weighted by Crippen LogP contribution is -2.46. The average Bonchev–Trinajstić information content (AvgIpc) is 1.59. The van der Waals surface area contributed by atoms with Crippen molar-refractivity contribution in [1.82, 2.24) is 60.6 Å².